The molecule has 0 N–H and O–H groups in total. The van der Waals surface area contributed by atoms with E-state index in [2.05, 4.69) is 0 Å². The smallest absolute Gasteiger partial charge is 0.265 e. The Balaban J connectivity index is 2.26. The molecule has 2 nitrogen and oxygen atoms in total. The summed E-state index contributed by atoms with van der Waals surface area (Å²) in [6, 6.07) is 6.85. The van der Waals surface area contributed by atoms with Gasteiger partial charge in [0.1, 0.15) is 0 Å². The first-order chi connectivity index (χ1) is 7.62. The maximum Gasteiger partial charge on any atom is 0.265 e. The molecule has 16 heavy (non-hydrogen) atoms. The standard InChI is InChI=1S/C12H13F2NO/c13-12(14)6-3-7-15(9-12)11-5-2-1-4-10(11)8-16/h1-2,4-5,8H,3,6-7,9H2. The summed E-state index contributed by atoms with van der Waals surface area (Å²) in [4.78, 5) is 12.4. The molecule has 1 fully saturated rings. The predicted molar refractivity (Wildman–Crippen MR) is 58.2 cm³/mol. The summed E-state index contributed by atoms with van der Waals surface area (Å²) in [5.41, 5.74) is 1.08. The van der Waals surface area contributed by atoms with Gasteiger partial charge in [0.25, 0.3) is 5.92 Å². The van der Waals surface area contributed by atoms with Gasteiger partial charge >= 0.3 is 0 Å². The Labute approximate surface area is 92.9 Å². The third-order valence-electron chi connectivity index (χ3n) is 2.80. The Morgan fingerprint density at radius 2 is 2.06 bits per heavy atom. The second-order valence-electron chi connectivity index (χ2n) is 4.06. The number of nitrogens with zero attached hydrogens (tertiary/aromatic N) is 1. The summed E-state index contributed by atoms with van der Waals surface area (Å²) >= 11 is 0. The van der Waals surface area contributed by atoms with Crippen molar-refractivity contribution in [1.82, 2.24) is 0 Å². The third-order valence-corrected chi connectivity index (χ3v) is 2.80. The van der Waals surface area contributed by atoms with E-state index in [-0.39, 0.29) is 13.0 Å². The van der Waals surface area contributed by atoms with Crippen LogP contribution in [-0.2, 0) is 0 Å². The quantitative estimate of drug-likeness (QED) is 0.721. The molecule has 86 valence electrons. The molecule has 1 aliphatic heterocycles. The van der Waals surface area contributed by atoms with Crippen LogP contribution < -0.4 is 4.90 Å². The molecular weight excluding hydrogens is 212 g/mol. The number of hydrogen-bond donors (Lipinski definition) is 0. The first-order valence-electron chi connectivity index (χ1n) is 5.29. The Bertz CT molecular complexity index is 392. The van der Waals surface area contributed by atoms with Crippen LogP contribution in [-0.4, -0.2) is 25.3 Å². The number of para-hydroxylation sites is 1. The topological polar surface area (TPSA) is 20.3 Å². The number of carbonyl (C=O) groups excluding carboxylic acids is 1. The van der Waals surface area contributed by atoms with Crippen LogP contribution in [0.2, 0.25) is 0 Å². The Morgan fingerprint density at radius 1 is 1.31 bits per heavy atom. The SMILES string of the molecule is O=Cc1ccccc1N1CCCC(F)(F)C1. The largest absolute Gasteiger partial charge is 0.365 e. The summed E-state index contributed by atoms with van der Waals surface area (Å²) in [6.07, 6.45) is 1.11. The number of anilines is 1. The predicted octanol–water partition coefficient (Wildman–Crippen LogP) is 2.73. The van der Waals surface area contributed by atoms with Crippen LogP contribution in [0.15, 0.2) is 24.3 Å². The lowest BCUT2D eigenvalue weighted by Gasteiger charge is -2.34. The van der Waals surface area contributed by atoms with Gasteiger partial charge in [-0.15, -0.1) is 0 Å². The van der Waals surface area contributed by atoms with E-state index in [4.69, 9.17) is 0 Å². The molecule has 0 amide bonds. The highest BCUT2D eigenvalue weighted by Gasteiger charge is 2.35. The van der Waals surface area contributed by atoms with Gasteiger partial charge in [-0.3, -0.25) is 4.79 Å². The van der Waals surface area contributed by atoms with Crippen LogP contribution in [0.4, 0.5) is 14.5 Å². The van der Waals surface area contributed by atoms with E-state index < -0.39 is 5.92 Å². The molecule has 1 saturated heterocycles. The van der Waals surface area contributed by atoms with Crippen LogP contribution >= 0.6 is 0 Å². The Hall–Kier alpha value is -1.45. The minimum atomic E-state index is -2.64. The molecule has 0 saturated carbocycles. The summed E-state index contributed by atoms with van der Waals surface area (Å²) in [5, 5.41) is 0. The molecule has 0 bridgehead atoms. The fourth-order valence-corrected chi connectivity index (χ4v) is 2.05. The number of benzene rings is 1. The zero-order valence-corrected chi connectivity index (χ0v) is 8.83. The molecule has 0 aliphatic carbocycles. The van der Waals surface area contributed by atoms with Crippen molar-refractivity contribution in [2.75, 3.05) is 18.0 Å². The number of aldehydes is 1. The van der Waals surface area contributed by atoms with Gasteiger partial charge in [-0.2, -0.15) is 0 Å². The lowest BCUT2D eigenvalue weighted by Crippen LogP contribution is -2.43. The lowest BCUT2D eigenvalue weighted by atomic mass is 10.0. The highest BCUT2D eigenvalue weighted by molar-refractivity contribution is 5.84. The van der Waals surface area contributed by atoms with Gasteiger partial charge in [0.05, 0.1) is 6.54 Å². The Morgan fingerprint density at radius 3 is 2.75 bits per heavy atom. The number of halogens is 2. The molecule has 0 unspecified atom stereocenters. The van der Waals surface area contributed by atoms with Crippen molar-refractivity contribution in [1.29, 1.82) is 0 Å². The van der Waals surface area contributed by atoms with Crippen LogP contribution in [0.5, 0.6) is 0 Å². The molecule has 1 aliphatic rings. The van der Waals surface area contributed by atoms with E-state index in [0.717, 1.165) is 0 Å². The molecular formula is C12H13F2NO. The first kappa shape index (κ1) is 11.0. The lowest BCUT2D eigenvalue weighted by molar-refractivity contribution is -0.0117. The first-order valence-corrected chi connectivity index (χ1v) is 5.29. The van der Waals surface area contributed by atoms with Crippen LogP contribution in [0, 0.1) is 0 Å². The fourth-order valence-electron chi connectivity index (χ4n) is 2.05. The van der Waals surface area contributed by atoms with Crippen LogP contribution in [0.25, 0.3) is 0 Å². The van der Waals surface area contributed by atoms with Crippen molar-refractivity contribution in [3.63, 3.8) is 0 Å². The summed E-state index contributed by atoms with van der Waals surface area (Å²) in [7, 11) is 0. The maximum absolute atomic E-state index is 13.2. The van der Waals surface area contributed by atoms with Gasteiger partial charge < -0.3 is 4.90 Å². The number of alkyl halides is 2. The third kappa shape index (κ3) is 2.21. The van der Waals surface area contributed by atoms with E-state index in [1.165, 1.54) is 0 Å². The van der Waals surface area contributed by atoms with E-state index in [1.54, 1.807) is 29.2 Å². The fraction of sp³-hybridized carbons (Fsp3) is 0.417. The van der Waals surface area contributed by atoms with E-state index in [1.807, 2.05) is 0 Å². The maximum atomic E-state index is 13.2. The van der Waals surface area contributed by atoms with Gasteiger partial charge in [-0.05, 0) is 18.6 Å². The second-order valence-corrected chi connectivity index (χ2v) is 4.06. The molecule has 1 aromatic rings. The minimum Gasteiger partial charge on any atom is -0.365 e. The average Bonchev–Trinajstić information content (AvgIpc) is 2.27. The molecule has 1 heterocycles. The average molecular weight is 225 g/mol. The number of rotatable bonds is 2. The number of hydrogen-bond acceptors (Lipinski definition) is 2. The van der Waals surface area contributed by atoms with E-state index in [9.17, 15) is 13.6 Å². The number of carbonyl (C=O) groups is 1. The van der Waals surface area contributed by atoms with Crippen molar-refractivity contribution in [2.24, 2.45) is 0 Å². The molecule has 0 atom stereocenters. The minimum absolute atomic E-state index is 0.0627. The van der Waals surface area contributed by atoms with Gasteiger partial charge in [0.2, 0.25) is 0 Å². The highest BCUT2D eigenvalue weighted by Crippen LogP contribution is 2.31. The molecule has 0 aromatic heterocycles. The van der Waals surface area contributed by atoms with Gasteiger partial charge in [0, 0.05) is 24.2 Å². The molecule has 1 aromatic carbocycles. The molecule has 0 radical (unpaired) electrons. The van der Waals surface area contributed by atoms with Crippen LogP contribution in [0.1, 0.15) is 23.2 Å². The summed E-state index contributed by atoms with van der Waals surface area (Å²) < 4.78 is 26.5. The Kier molecular flexibility index (Phi) is 2.90. The second kappa shape index (κ2) is 4.20. The summed E-state index contributed by atoms with van der Waals surface area (Å²) in [5.74, 6) is -2.64. The van der Waals surface area contributed by atoms with Gasteiger partial charge in [-0.1, -0.05) is 12.1 Å². The van der Waals surface area contributed by atoms with Gasteiger partial charge in [-0.25, -0.2) is 8.78 Å². The van der Waals surface area contributed by atoms with Crippen molar-refractivity contribution < 1.29 is 13.6 Å². The van der Waals surface area contributed by atoms with Crippen molar-refractivity contribution in [3.8, 4) is 0 Å². The molecule has 4 heteroatoms. The normalized spacial score (nSPS) is 19.5. The van der Waals surface area contributed by atoms with Crippen LogP contribution in [0.3, 0.4) is 0 Å². The highest BCUT2D eigenvalue weighted by atomic mass is 19.3. The van der Waals surface area contributed by atoms with Crippen molar-refractivity contribution in [2.45, 2.75) is 18.8 Å². The zero-order valence-electron chi connectivity index (χ0n) is 8.83. The summed E-state index contributed by atoms with van der Waals surface area (Å²) in [6.45, 7) is 0.290. The monoisotopic (exact) mass is 225 g/mol. The zero-order chi connectivity index (χ0) is 11.6. The molecule has 2 rings (SSSR count). The van der Waals surface area contributed by atoms with Crippen molar-refractivity contribution in [3.05, 3.63) is 29.8 Å². The van der Waals surface area contributed by atoms with Crippen molar-refractivity contribution >= 4 is 12.0 Å². The van der Waals surface area contributed by atoms with E-state index >= 15 is 0 Å². The molecule has 0 spiro atoms. The van der Waals surface area contributed by atoms with E-state index in [0.29, 0.717) is 30.5 Å². The van der Waals surface area contributed by atoms with Gasteiger partial charge in [0.15, 0.2) is 6.29 Å². The number of piperidine rings is 1.